The number of unbranched alkanes of at least 4 members (excludes halogenated alkanes) is 1. The highest BCUT2D eigenvalue weighted by molar-refractivity contribution is 9.10. The lowest BCUT2D eigenvalue weighted by molar-refractivity contribution is 0.102. The fourth-order valence-electron chi connectivity index (χ4n) is 3.02. The zero-order valence-electron chi connectivity index (χ0n) is 11.6. The second-order valence-electron chi connectivity index (χ2n) is 5.61. The van der Waals surface area contributed by atoms with Crippen LogP contribution < -0.4 is 10.9 Å². The van der Waals surface area contributed by atoms with Gasteiger partial charge in [0.15, 0.2) is 0 Å². The summed E-state index contributed by atoms with van der Waals surface area (Å²) in [5, 5.41) is 7.67. The Morgan fingerprint density at radius 2 is 2.40 bits per heavy atom. The van der Waals surface area contributed by atoms with Gasteiger partial charge >= 0.3 is 0 Å². The minimum Gasteiger partial charge on any atom is -0.377 e. The van der Waals surface area contributed by atoms with Gasteiger partial charge in [-0.15, -0.1) is 0 Å². The molecule has 2 aliphatic heterocycles. The standard InChI is InChI=1S/C14H20BrN3O2/c1-2-3-6-18-14(19)13(15)11(8-16-18)17-10-7-9-4-5-12(10)20-9/h8-10,12,17H,2-7H2,1H3. The summed E-state index contributed by atoms with van der Waals surface area (Å²) in [5.74, 6) is 0. The Balaban J connectivity index is 1.74. The summed E-state index contributed by atoms with van der Waals surface area (Å²) >= 11 is 3.41. The Kier molecular flexibility index (Phi) is 4.12. The molecule has 6 heteroatoms. The molecule has 110 valence electrons. The van der Waals surface area contributed by atoms with Gasteiger partial charge in [-0.2, -0.15) is 5.10 Å². The van der Waals surface area contributed by atoms with Crippen LogP contribution in [0.25, 0.3) is 0 Å². The van der Waals surface area contributed by atoms with Gasteiger partial charge in [0.05, 0.1) is 30.1 Å². The lowest BCUT2D eigenvalue weighted by Crippen LogP contribution is -2.32. The molecule has 2 saturated heterocycles. The van der Waals surface area contributed by atoms with E-state index in [2.05, 4.69) is 33.3 Å². The van der Waals surface area contributed by atoms with E-state index < -0.39 is 0 Å². The minimum absolute atomic E-state index is 0.0625. The average Bonchev–Trinajstić information content (AvgIpc) is 3.05. The molecular formula is C14H20BrN3O2. The summed E-state index contributed by atoms with van der Waals surface area (Å²) in [7, 11) is 0. The lowest BCUT2D eigenvalue weighted by atomic mass is 9.95. The third-order valence-electron chi connectivity index (χ3n) is 4.16. The van der Waals surface area contributed by atoms with Gasteiger partial charge in [-0.25, -0.2) is 4.68 Å². The van der Waals surface area contributed by atoms with E-state index in [0.29, 0.717) is 23.2 Å². The van der Waals surface area contributed by atoms with E-state index in [0.717, 1.165) is 31.4 Å². The molecule has 1 N–H and O–H groups in total. The van der Waals surface area contributed by atoms with Gasteiger partial charge in [0.2, 0.25) is 0 Å². The topological polar surface area (TPSA) is 56.1 Å². The Bertz CT molecular complexity index is 546. The van der Waals surface area contributed by atoms with Crippen molar-refractivity contribution in [3.05, 3.63) is 21.0 Å². The molecule has 0 spiro atoms. The van der Waals surface area contributed by atoms with E-state index in [-0.39, 0.29) is 11.7 Å². The minimum atomic E-state index is -0.0625. The molecule has 0 amide bonds. The zero-order valence-corrected chi connectivity index (χ0v) is 13.2. The Morgan fingerprint density at radius 3 is 3.05 bits per heavy atom. The van der Waals surface area contributed by atoms with E-state index in [4.69, 9.17) is 4.74 Å². The van der Waals surface area contributed by atoms with Crippen molar-refractivity contribution in [2.45, 2.75) is 63.8 Å². The van der Waals surface area contributed by atoms with Gasteiger partial charge in [-0.3, -0.25) is 4.79 Å². The number of halogens is 1. The maximum atomic E-state index is 12.2. The molecule has 0 radical (unpaired) electrons. The molecule has 5 nitrogen and oxygen atoms in total. The van der Waals surface area contributed by atoms with Crippen LogP contribution in [0.15, 0.2) is 15.5 Å². The number of rotatable bonds is 5. The molecular weight excluding hydrogens is 322 g/mol. The normalized spacial score (nSPS) is 28.0. The molecule has 2 aliphatic rings. The molecule has 3 rings (SSSR count). The van der Waals surface area contributed by atoms with Crippen molar-refractivity contribution < 1.29 is 4.74 Å². The third kappa shape index (κ3) is 2.63. The predicted octanol–water partition coefficient (Wildman–Crippen LogP) is 2.54. The molecule has 1 aromatic rings. The van der Waals surface area contributed by atoms with E-state index in [1.807, 2.05) is 0 Å². The molecule has 3 atom stereocenters. The first-order valence-electron chi connectivity index (χ1n) is 7.36. The SMILES string of the molecule is CCCCn1ncc(NC2CC3CCC2O3)c(Br)c1=O. The Hall–Kier alpha value is -0.880. The number of hydrogen-bond acceptors (Lipinski definition) is 4. The van der Waals surface area contributed by atoms with Crippen LogP contribution in [0.2, 0.25) is 0 Å². The molecule has 2 fully saturated rings. The van der Waals surface area contributed by atoms with Crippen molar-refractivity contribution in [1.82, 2.24) is 9.78 Å². The second-order valence-corrected chi connectivity index (χ2v) is 6.41. The van der Waals surface area contributed by atoms with Crippen LogP contribution in [-0.2, 0) is 11.3 Å². The highest BCUT2D eigenvalue weighted by Crippen LogP contribution is 2.36. The van der Waals surface area contributed by atoms with Crippen molar-refractivity contribution in [1.29, 1.82) is 0 Å². The third-order valence-corrected chi connectivity index (χ3v) is 4.92. The van der Waals surface area contributed by atoms with Gasteiger partial charge in [0.25, 0.3) is 5.56 Å². The first-order chi connectivity index (χ1) is 9.69. The van der Waals surface area contributed by atoms with Crippen molar-refractivity contribution in [3.63, 3.8) is 0 Å². The van der Waals surface area contributed by atoms with Crippen LogP contribution in [-0.4, -0.2) is 28.0 Å². The van der Waals surface area contributed by atoms with Gasteiger partial charge in [0, 0.05) is 6.54 Å². The molecule has 1 aromatic heterocycles. The summed E-state index contributed by atoms with van der Waals surface area (Å²) in [5.41, 5.74) is 0.719. The maximum Gasteiger partial charge on any atom is 0.283 e. The molecule has 0 saturated carbocycles. The monoisotopic (exact) mass is 341 g/mol. The van der Waals surface area contributed by atoms with Gasteiger partial charge in [-0.1, -0.05) is 13.3 Å². The fourth-order valence-corrected chi connectivity index (χ4v) is 3.44. The highest BCUT2D eigenvalue weighted by atomic mass is 79.9. The Morgan fingerprint density at radius 1 is 1.55 bits per heavy atom. The van der Waals surface area contributed by atoms with Crippen LogP contribution >= 0.6 is 15.9 Å². The summed E-state index contributed by atoms with van der Waals surface area (Å²) in [6.07, 6.45) is 7.74. The van der Waals surface area contributed by atoms with Crippen molar-refractivity contribution in [2.75, 3.05) is 5.32 Å². The van der Waals surface area contributed by atoms with Crippen LogP contribution in [0, 0.1) is 0 Å². The quantitative estimate of drug-likeness (QED) is 0.894. The summed E-state index contributed by atoms with van der Waals surface area (Å²) < 4.78 is 7.92. The van der Waals surface area contributed by atoms with Crippen LogP contribution in [0.3, 0.4) is 0 Å². The van der Waals surface area contributed by atoms with Gasteiger partial charge in [0.1, 0.15) is 4.47 Å². The molecule has 0 aromatic carbocycles. The first-order valence-corrected chi connectivity index (χ1v) is 8.16. The maximum absolute atomic E-state index is 12.2. The summed E-state index contributed by atoms with van der Waals surface area (Å²) in [6, 6.07) is 0.303. The van der Waals surface area contributed by atoms with E-state index in [1.54, 1.807) is 6.20 Å². The number of aryl methyl sites for hydroxylation is 1. The van der Waals surface area contributed by atoms with Crippen LogP contribution in [0.5, 0.6) is 0 Å². The first kappa shape index (κ1) is 14.1. The number of ether oxygens (including phenoxy) is 1. The molecule has 3 heterocycles. The van der Waals surface area contributed by atoms with Crippen molar-refractivity contribution in [2.24, 2.45) is 0 Å². The Labute approximate surface area is 126 Å². The highest BCUT2D eigenvalue weighted by Gasteiger charge is 2.40. The molecule has 2 bridgehead atoms. The van der Waals surface area contributed by atoms with E-state index in [9.17, 15) is 4.79 Å². The predicted molar refractivity (Wildman–Crippen MR) is 81.0 cm³/mol. The average molecular weight is 342 g/mol. The summed E-state index contributed by atoms with van der Waals surface area (Å²) in [6.45, 7) is 2.77. The fraction of sp³-hybridized carbons (Fsp3) is 0.714. The number of hydrogen-bond donors (Lipinski definition) is 1. The lowest BCUT2D eigenvalue weighted by Gasteiger charge is -2.21. The molecule has 3 unspecified atom stereocenters. The van der Waals surface area contributed by atoms with Crippen LogP contribution in [0.1, 0.15) is 39.0 Å². The summed E-state index contributed by atoms with van der Waals surface area (Å²) in [4.78, 5) is 12.2. The number of fused-ring (bicyclic) bond motifs is 2. The van der Waals surface area contributed by atoms with E-state index in [1.165, 1.54) is 11.1 Å². The number of aromatic nitrogens is 2. The number of nitrogens with one attached hydrogen (secondary N) is 1. The van der Waals surface area contributed by atoms with Crippen molar-refractivity contribution >= 4 is 21.6 Å². The van der Waals surface area contributed by atoms with Gasteiger partial charge < -0.3 is 10.1 Å². The molecule has 20 heavy (non-hydrogen) atoms. The smallest absolute Gasteiger partial charge is 0.283 e. The zero-order chi connectivity index (χ0) is 14.1. The van der Waals surface area contributed by atoms with Crippen LogP contribution in [0.4, 0.5) is 5.69 Å². The second kappa shape index (κ2) is 5.85. The van der Waals surface area contributed by atoms with Gasteiger partial charge in [-0.05, 0) is 41.6 Å². The van der Waals surface area contributed by atoms with E-state index >= 15 is 0 Å². The largest absolute Gasteiger partial charge is 0.377 e. The van der Waals surface area contributed by atoms with Crippen molar-refractivity contribution in [3.8, 4) is 0 Å². The molecule has 0 aliphatic carbocycles. The number of anilines is 1. The number of nitrogens with zero attached hydrogens (tertiary/aromatic N) is 2.